The van der Waals surface area contributed by atoms with Gasteiger partial charge in [-0.15, -0.1) is 0 Å². The van der Waals surface area contributed by atoms with Crippen molar-refractivity contribution in [1.82, 2.24) is 5.43 Å². The summed E-state index contributed by atoms with van der Waals surface area (Å²) in [5.74, 6) is 0.840. The number of fused-ring (bicyclic) bond motifs is 1. The molecule has 0 fully saturated rings. The van der Waals surface area contributed by atoms with Crippen molar-refractivity contribution in [3.05, 3.63) is 84.4 Å². The molecule has 0 aromatic heterocycles. The van der Waals surface area contributed by atoms with Crippen molar-refractivity contribution in [2.75, 3.05) is 11.9 Å². The third-order valence-electron chi connectivity index (χ3n) is 4.16. The summed E-state index contributed by atoms with van der Waals surface area (Å²) in [6.45, 7) is 0.151. The van der Waals surface area contributed by atoms with Crippen LogP contribution in [0.2, 0.25) is 0 Å². The first-order valence-corrected chi connectivity index (χ1v) is 8.91. The summed E-state index contributed by atoms with van der Waals surface area (Å²) in [6, 6.07) is 24.9. The Balaban J connectivity index is 1.30. The van der Waals surface area contributed by atoms with Gasteiger partial charge in [0.25, 0.3) is 5.91 Å². The third-order valence-corrected chi connectivity index (χ3v) is 4.16. The molecule has 0 radical (unpaired) electrons. The monoisotopic (exact) mass is 373 g/mol. The molecule has 2 N–H and O–H groups in total. The average molecular weight is 373 g/mol. The van der Waals surface area contributed by atoms with Crippen LogP contribution in [-0.4, -0.2) is 24.8 Å². The maximum Gasteiger partial charge on any atom is 0.284 e. The van der Waals surface area contributed by atoms with Gasteiger partial charge in [0.15, 0.2) is 11.5 Å². The zero-order chi connectivity index (χ0) is 19.2. The van der Waals surface area contributed by atoms with Gasteiger partial charge in [0.1, 0.15) is 6.61 Å². The topological polar surface area (TPSA) is 72.0 Å². The Kier molecular flexibility index (Phi) is 5.20. The Morgan fingerprint density at radius 3 is 2.36 bits per heavy atom. The van der Waals surface area contributed by atoms with Crippen molar-refractivity contribution in [1.29, 1.82) is 0 Å². The number of benzene rings is 3. The number of carbonyl (C=O) groups is 1. The number of hydrazone groups is 1. The second-order valence-electron chi connectivity index (χ2n) is 6.21. The summed E-state index contributed by atoms with van der Waals surface area (Å²) in [4.78, 5) is 12.2. The molecule has 0 saturated heterocycles. The first-order chi connectivity index (χ1) is 13.8. The quantitative estimate of drug-likeness (QED) is 0.528. The summed E-state index contributed by atoms with van der Waals surface area (Å²) < 4.78 is 11.2. The second kappa shape index (κ2) is 8.26. The SMILES string of the molecule is O=C(N/N=C\c1ccc(Nc2ccccc2)cc1)[C@@H]1COc2ccccc2O1. The smallest absolute Gasteiger partial charge is 0.284 e. The van der Waals surface area contributed by atoms with E-state index in [1.54, 1.807) is 18.3 Å². The first kappa shape index (κ1) is 17.6. The third kappa shape index (κ3) is 4.29. The molecule has 1 amide bonds. The lowest BCUT2D eigenvalue weighted by Crippen LogP contribution is -2.42. The van der Waals surface area contributed by atoms with Gasteiger partial charge in [-0.3, -0.25) is 4.79 Å². The highest BCUT2D eigenvalue weighted by atomic mass is 16.6. The molecule has 4 rings (SSSR count). The van der Waals surface area contributed by atoms with Gasteiger partial charge < -0.3 is 14.8 Å². The van der Waals surface area contributed by atoms with E-state index >= 15 is 0 Å². The minimum absolute atomic E-state index is 0.151. The molecular weight excluding hydrogens is 354 g/mol. The Bertz CT molecular complexity index is 972. The standard InChI is InChI=1S/C22H19N3O3/c26-22(21-15-27-19-8-4-5-9-20(19)28-21)25-23-14-16-10-12-18(13-11-16)24-17-6-2-1-3-7-17/h1-14,21,24H,15H2,(H,25,26)/b23-14-/t21-/m0/s1. The van der Waals surface area contributed by atoms with Crippen molar-refractivity contribution in [2.24, 2.45) is 5.10 Å². The van der Waals surface area contributed by atoms with Crippen LogP contribution >= 0.6 is 0 Å². The summed E-state index contributed by atoms with van der Waals surface area (Å²) >= 11 is 0. The Labute approximate surface area is 162 Å². The number of amides is 1. The summed E-state index contributed by atoms with van der Waals surface area (Å²) in [5.41, 5.74) is 5.35. The van der Waals surface area contributed by atoms with Crippen molar-refractivity contribution < 1.29 is 14.3 Å². The molecule has 28 heavy (non-hydrogen) atoms. The van der Waals surface area contributed by atoms with Crippen LogP contribution in [0.25, 0.3) is 0 Å². The van der Waals surface area contributed by atoms with Crippen LogP contribution in [0, 0.1) is 0 Å². The van der Waals surface area contributed by atoms with E-state index in [4.69, 9.17) is 9.47 Å². The lowest BCUT2D eigenvalue weighted by Gasteiger charge is -2.24. The molecule has 0 aliphatic carbocycles. The average Bonchev–Trinajstić information content (AvgIpc) is 2.75. The summed E-state index contributed by atoms with van der Waals surface area (Å²) in [5, 5.41) is 7.32. The van der Waals surface area contributed by atoms with Gasteiger partial charge in [-0.25, -0.2) is 5.43 Å². The number of nitrogens with one attached hydrogen (secondary N) is 2. The molecule has 1 atom stereocenters. The maximum atomic E-state index is 12.2. The van der Waals surface area contributed by atoms with Crippen LogP contribution in [0.5, 0.6) is 11.5 Å². The fourth-order valence-electron chi connectivity index (χ4n) is 2.73. The molecule has 0 bridgehead atoms. The minimum Gasteiger partial charge on any atom is -0.485 e. The zero-order valence-corrected chi connectivity index (χ0v) is 15.0. The van der Waals surface area contributed by atoms with Gasteiger partial charge in [-0.05, 0) is 42.0 Å². The molecule has 6 heteroatoms. The van der Waals surface area contributed by atoms with Gasteiger partial charge in [0.2, 0.25) is 6.10 Å². The van der Waals surface area contributed by atoms with Crippen molar-refractivity contribution >= 4 is 23.5 Å². The minimum atomic E-state index is -0.732. The number of carbonyl (C=O) groups excluding carboxylic acids is 1. The predicted octanol–water partition coefficient (Wildman–Crippen LogP) is 3.72. The van der Waals surface area contributed by atoms with E-state index in [1.807, 2.05) is 66.7 Å². The first-order valence-electron chi connectivity index (χ1n) is 8.91. The Hall–Kier alpha value is -3.80. The highest BCUT2D eigenvalue weighted by Crippen LogP contribution is 2.30. The molecule has 3 aromatic carbocycles. The highest BCUT2D eigenvalue weighted by molar-refractivity contribution is 5.85. The molecule has 1 aliphatic heterocycles. The van der Waals surface area contributed by atoms with Gasteiger partial charge in [0.05, 0.1) is 6.21 Å². The fraction of sp³-hybridized carbons (Fsp3) is 0.0909. The summed E-state index contributed by atoms with van der Waals surface area (Å²) in [7, 11) is 0. The predicted molar refractivity (Wildman–Crippen MR) is 108 cm³/mol. The normalized spacial score (nSPS) is 15.2. The molecular formula is C22H19N3O3. The number of nitrogens with zero attached hydrogens (tertiary/aromatic N) is 1. The van der Waals surface area contributed by atoms with E-state index in [0.29, 0.717) is 11.5 Å². The fourth-order valence-corrected chi connectivity index (χ4v) is 2.73. The Morgan fingerprint density at radius 2 is 1.57 bits per heavy atom. The molecule has 0 unspecified atom stereocenters. The number of ether oxygens (including phenoxy) is 2. The molecule has 6 nitrogen and oxygen atoms in total. The number of para-hydroxylation sites is 3. The van der Waals surface area contributed by atoms with E-state index in [2.05, 4.69) is 15.8 Å². The van der Waals surface area contributed by atoms with Crippen molar-refractivity contribution in [3.63, 3.8) is 0 Å². The van der Waals surface area contributed by atoms with E-state index in [9.17, 15) is 4.79 Å². The van der Waals surface area contributed by atoms with Crippen LogP contribution in [0.3, 0.4) is 0 Å². The molecule has 0 spiro atoms. The van der Waals surface area contributed by atoms with E-state index in [1.165, 1.54) is 0 Å². The van der Waals surface area contributed by atoms with Crippen LogP contribution in [0.4, 0.5) is 11.4 Å². The number of rotatable bonds is 5. The van der Waals surface area contributed by atoms with Crippen LogP contribution in [0.15, 0.2) is 84.0 Å². The van der Waals surface area contributed by atoms with Crippen molar-refractivity contribution in [3.8, 4) is 11.5 Å². The van der Waals surface area contributed by atoms with Crippen LogP contribution in [-0.2, 0) is 4.79 Å². The van der Waals surface area contributed by atoms with Gasteiger partial charge in [-0.1, -0.05) is 42.5 Å². The number of hydrogen-bond donors (Lipinski definition) is 2. The number of hydrogen-bond acceptors (Lipinski definition) is 5. The molecule has 1 aliphatic rings. The van der Waals surface area contributed by atoms with Gasteiger partial charge in [0, 0.05) is 11.4 Å². The number of anilines is 2. The van der Waals surface area contributed by atoms with E-state index < -0.39 is 6.10 Å². The van der Waals surface area contributed by atoms with E-state index in [-0.39, 0.29) is 12.5 Å². The van der Waals surface area contributed by atoms with Gasteiger partial charge >= 0.3 is 0 Å². The van der Waals surface area contributed by atoms with Gasteiger partial charge in [-0.2, -0.15) is 5.10 Å². The Morgan fingerprint density at radius 1 is 0.893 bits per heavy atom. The van der Waals surface area contributed by atoms with E-state index in [0.717, 1.165) is 16.9 Å². The maximum absolute atomic E-state index is 12.2. The highest BCUT2D eigenvalue weighted by Gasteiger charge is 2.26. The largest absolute Gasteiger partial charge is 0.485 e. The zero-order valence-electron chi connectivity index (χ0n) is 15.0. The molecule has 3 aromatic rings. The summed E-state index contributed by atoms with van der Waals surface area (Å²) in [6.07, 6.45) is 0.853. The van der Waals surface area contributed by atoms with Crippen LogP contribution in [0.1, 0.15) is 5.56 Å². The molecule has 140 valence electrons. The molecule has 0 saturated carbocycles. The second-order valence-corrected chi connectivity index (χ2v) is 6.21. The lowest BCUT2D eigenvalue weighted by atomic mass is 10.2. The van der Waals surface area contributed by atoms with Crippen LogP contribution < -0.4 is 20.2 Å². The van der Waals surface area contributed by atoms with Crippen molar-refractivity contribution in [2.45, 2.75) is 6.10 Å². The lowest BCUT2D eigenvalue weighted by molar-refractivity contribution is -0.130. The molecule has 1 heterocycles.